The highest BCUT2D eigenvalue weighted by Gasteiger charge is 2.24. The molecule has 0 spiro atoms. The van der Waals surface area contributed by atoms with Crippen LogP contribution in [0.3, 0.4) is 0 Å². The van der Waals surface area contributed by atoms with E-state index in [1.165, 1.54) is 27.2 Å². The molecule has 0 saturated heterocycles. The van der Waals surface area contributed by atoms with Crippen molar-refractivity contribution < 1.29 is 4.42 Å². The lowest BCUT2D eigenvalue weighted by molar-refractivity contribution is 0.673. The standard InChI is InChI=1S/C46H30N2O/c1-3-14-31(15-4-1)33-17-11-20-35(30-33)48(43-27-12-23-37-38-29-28-32-16-7-8-21-36(32)45(38)49-46(37)43)42-26-13-25-41-44(42)39-22-9-10-24-40(39)47(41)34-18-5-2-6-19-34/h1-30H. The summed E-state index contributed by atoms with van der Waals surface area (Å²) in [6.45, 7) is 0. The summed E-state index contributed by atoms with van der Waals surface area (Å²) < 4.78 is 9.34. The Hall–Kier alpha value is -6.58. The van der Waals surface area contributed by atoms with Gasteiger partial charge in [0.2, 0.25) is 0 Å². The zero-order valence-electron chi connectivity index (χ0n) is 26.6. The van der Waals surface area contributed by atoms with E-state index in [-0.39, 0.29) is 0 Å². The van der Waals surface area contributed by atoms with Crippen LogP contribution < -0.4 is 4.90 Å². The minimum absolute atomic E-state index is 0.864. The molecule has 2 heterocycles. The lowest BCUT2D eigenvalue weighted by Gasteiger charge is -2.27. The number of furan rings is 1. The van der Waals surface area contributed by atoms with Crippen molar-refractivity contribution in [2.24, 2.45) is 0 Å². The Bertz CT molecular complexity index is 2830. The summed E-state index contributed by atoms with van der Waals surface area (Å²) in [5.74, 6) is 0. The molecular weight excluding hydrogens is 597 g/mol. The van der Waals surface area contributed by atoms with Gasteiger partial charge in [-0.15, -0.1) is 0 Å². The maximum absolute atomic E-state index is 6.96. The monoisotopic (exact) mass is 626 g/mol. The number of aromatic nitrogens is 1. The van der Waals surface area contributed by atoms with E-state index in [0.717, 1.165) is 61.2 Å². The molecule has 3 nitrogen and oxygen atoms in total. The quantitative estimate of drug-likeness (QED) is 0.190. The number of hydrogen-bond donors (Lipinski definition) is 0. The van der Waals surface area contributed by atoms with E-state index in [4.69, 9.17) is 4.42 Å². The minimum atomic E-state index is 0.864. The second-order valence-corrected chi connectivity index (χ2v) is 12.5. The molecule has 0 amide bonds. The van der Waals surface area contributed by atoms with Gasteiger partial charge in [-0.25, -0.2) is 0 Å². The van der Waals surface area contributed by atoms with Gasteiger partial charge in [0.05, 0.1) is 22.4 Å². The third-order valence-electron chi connectivity index (χ3n) is 9.75. The van der Waals surface area contributed by atoms with Gasteiger partial charge in [0, 0.05) is 38.3 Å². The van der Waals surface area contributed by atoms with Crippen LogP contribution in [0.5, 0.6) is 0 Å². The van der Waals surface area contributed by atoms with Gasteiger partial charge >= 0.3 is 0 Å². The van der Waals surface area contributed by atoms with Crippen molar-refractivity contribution in [3.05, 3.63) is 182 Å². The first-order chi connectivity index (χ1) is 24.3. The van der Waals surface area contributed by atoms with Crippen molar-refractivity contribution in [3.63, 3.8) is 0 Å². The molecule has 0 N–H and O–H groups in total. The van der Waals surface area contributed by atoms with Crippen LogP contribution in [0.4, 0.5) is 17.1 Å². The molecule has 3 heteroatoms. The number of hydrogen-bond acceptors (Lipinski definition) is 2. The fraction of sp³-hybridized carbons (Fsp3) is 0. The number of fused-ring (bicyclic) bond motifs is 8. The summed E-state index contributed by atoms with van der Waals surface area (Å²) in [4.78, 5) is 2.39. The predicted molar refractivity (Wildman–Crippen MR) is 206 cm³/mol. The summed E-state index contributed by atoms with van der Waals surface area (Å²) >= 11 is 0. The first-order valence-electron chi connectivity index (χ1n) is 16.7. The van der Waals surface area contributed by atoms with Crippen molar-refractivity contribution in [2.45, 2.75) is 0 Å². The first kappa shape index (κ1) is 27.5. The Morgan fingerprint density at radius 1 is 0.408 bits per heavy atom. The Balaban J connectivity index is 1.31. The molecule has 230 valence electrons. The maximum atomic E-state index is 6.96. The smallest absolute Gasteiger partial charge is 0.159 e. The topological polar surface area (TPSA) is 21.3 Å². The molecule has 49 heavy (non-hydrogen) atoms. The van der Waals surface area contributed by atoms with Crippen LogP contribution in [-0.4, -0.2) is 4.57 Å². The number of para-hydroxylation sites is 3. The van der Waals surface area contributed by atoms with Crippen molar-refractivity contribution in [1.29, 1.82) is 0 Å². The second kappa shape index (κ2) is 11.0. The van der Waals surface area contributed by atoms with E-state index in [1.807, 2.05) is 0 Å². The zero-order chi connectivity index (χ0) is 32.3. The molecule has 10 rings (SSSR count). The van der Waals surface area contributed by atoms with Crippen molar-refractivity contribution >= 4 is 71.6 Å². The summed E-state index contributed by atoms with van der Waals surface area (Å²) in [6, 6.07) is 64.8. The van der Waals surface area contributed by atoms with Crippen LogP contribution in [0.2, 0.25) is 0 Å². The summed E-state index contributed by atoms with van der Waals surface area (Å²) in [6.07, 6.45) is 0. The number of anilines is 3. The summed E-state index contributed by atoms with van der Waals surface area (Å²) in [5, 5.41) is 6.89. The molecule has 0 aliphatic heterocycles. The third kappa shape index (κ3) is 4.29. The fourth-order valence-electron chi connectivity index (χ4n) is 7.59. The first-order valence-corrected chi connectivity index (χ1v) is 16.7. The maximum Gasteiger partial charge on any atom is 0.159 e. The van der Waals surface area contributed by atoms with E-state index in [1.54, 1.807) is 0 Å². The van der Waals surface area contributed by atoms with Gasteiger partial charge in [0.1, 0.15) is 5.58 Å². The largest absolute Gasteiger partial charge is 0.453 e. The minimum Gasteiger partial charge on any atom is -0.453 e. The average molecular weight is 627 g/mol. The van der Waals surface area contributed by atoms with Crippen molar-refractivity contribution in [1.82, 2.24) is 4.57 Å². The van der Waals surface area contributed by atoms with Gasteiger partial charge in [0.15, 0.2) is 5.58 Å². The summed E-state index contributed by atoms with van der Waals surface area (Å²) in [7, 11) is 0. The molecule has 0 atom stereocenters. The Kier molecular flexibility index (Phi) is 6.18. The molecular formula is C46H30N2O. The highest BCUT2D eigenvalue weighted by Crippen LogP contribution is 2.47. The van der Waals surface area contributed by atoms with Gasteiger partial charge in [-0.3, -0.25) is 0 Å². The van der Waals surface area contributed by atoms with Crippen LogP contribution in [0.15, 0.2) is 186 Å². The van der Waals surface area contributed by atoms with Crippen molar-refractivity contribution in [3.8, 4) is 16.8 Å². The van der Waals surface area contributed by atoms with Crippen LogP contribution in [0.25, 0.3) is 71.3 Å². The molecule has 0 bridgehead atoms. The average Bonchev–Trinajstić information content (AvgIpc) is 3.73. The van der Waals surface area contributed by atoms with Crippen molar-refractivity contribution in [2.75, 3.05) is 4.90 Å². The molecule has 10 aromatic rings. The molecule has 0 fully saturated rings. The van der Waals surface area contributed by atoms with Gasteiger partial charge in [0.25, 0.3) is 0 Å². The lowest BCUT2D eigenvalue weighted by Crippen LogP contribution is -2.11. The van der Waals surface area contributed by atoms with E-state index < -0.39 is 0 Å². The highest BCUT2D eigenvalue weighted by atomic mass is 16.3. The molecule has 0 unspecified atom stereocenters. The number of benzene rings is 8. The Morgan fingerprint density at radius 2 is 1.04 bits per heavy atom. The lowest BCUT2D eigenvalue weighted by atomic mass is 10.0. The molecule has 0 radical (unpaired) electrons. The third-order valence-corrected chi connectivity index (χ3v) is 9.75. The van der Waals surface area contributed by atoms with E-state index in [2.05, 4.69) is 191 Å². The molecule has 0 aliphatic rings. The van der Waals surface area contributed by atoms with Crippen LogP contribution >= 0.6 is 0 Å². The SMILES string of the molecule is c1ccc(-c2cccc(N(c3cccc4c3oc3c5ccccc5ccc43)c3cccc4c3c3ccccc3n4-c3ccccc3)c2)cc1. The van der Waals surface area contributed by atoms with E-state index in [9.17, 15) is 0 Å². The van der Waals surface area contributed by atoms with Crippen LogP contribution in [-0.2, 0) is 0 Å². The summed E-state index contributed by atoms with van der Waals surface area (Å²) in [5.41, 5.74) is 10.7. The van der Waals surface area contributed by atoms with Gasteiger partial charge in [-0.2, -0.15) is 0 Å². The normalized spacial score (nSPS) is 11.7. The van der Waals surface area contributed by atoms with Crippen LogP contribution in [0, 0.1) is 0 Å². The second-order valence-electron chi connectivity index (χ2n) is 12.5. The van der Waals surface area contributed by atoms with Crippen LogP contribution in [0.1, 0.15) is 0 Å². The zero-order valence-corrected chi connectivity index (χ0v) is 26.6. The van der Waals surface area contributed by atoms with Gasteiger partial charge in [-0.1, -0.05) is 127 Å². The fourth-order valence-corrected chi connectivity index (χ4v) is 7.59. The van der Waals surface area contributed by atoms with Gasteiger partial charge < -0.3 is 13.9 Å². The highest BCUT2D eigenvalue weighted by molar-refractivity contribution is 6.20. The van der Waals surface area contributed by atoms with Gasteiger partial charge in [-0.05, 0) is 71.1 Å². The predicted octanol–water partition coefficient (Wildman–Crippen LogP) is 13.0. The molecule has 8 aromatic carbocycles. The molecule has 2 aromatic heterocycles. The van der Waals surface area contributed by atoms with E-state index >= 15 is 0 Å². The molecule has 0 aliphatic carbocycles. The molecule has 0 saturated carbocycles. The number of rotatable bonds is 5. The van der Waals surface area contributed by atoms with E-state index in [0.29, 0.717) is 0 Å². The number of nitrogens with zero attached hydrogens (tertiary/aromatic N) is 2. The Morgan fingerprint density at radius 3 is 1.92 bits per heavy atom. The Labute approximate surface area is 283 Å².